The summed E-state index contributed by atoms with van der Waals surface area (Å²) in [5.41, 5.74) is 0.0732. The van der Waals surface area contributed by atoms with E-state index in [0.717, 1.165) is 6.20 Å². The van der Waals surface area contributed by atoms with E-state index in [2.05, 4.69) is 36.3 Å². The Labute approximate surface area is 259 Å². The van der Waals surface area contributed by atoms with Gasteiger partial charge in [-0.05, 0) is 43.5 Å². The number of hydrogen-bond acceptors (Lipinski definition) is 8. The van der Waals surface area contributed by atoms with Gasteiger partial charge in [0.15, 0.2) is 17.2 Å². The van der Waals surface area contributed by atoms with Gasteiger partial charge in [0.1, 0.15) is 6.54 Å². The summed E-state index contributed by atoms with van der Waals surface area (Å²) in [6, 6.07) is 4.14. The molecule has 5 N–H and O–H groups in total. The second kappa shape index (κ2) is 13.4. The van der Waals surface area contributed by atoms with E-state index in [0.29, 0.717) is 40.9 Å². The summed E-state index contributed by atoms with van der Waals surface area (Å²) in [5.74, 6) is -0.390. The molecule has 46 heavy (non-hydrogen) atoms. The van der Waals surface area contributed by atoms with Crippen LogP contribution in [0.3, 0.4) is 0 Å². The molecule has 1 saturated heterocycles. The molecule has 2 amide bonds. The van der Waals surface area contributed by atoms with Gasteiger partial charge in [0.2, 0.25) is 5.91 Å². The maximum absolute atomic E-state index is 13.8. The SMILES string of the molecule is CCc1cc(Nc2nccn3c(-c4cn(CC(F)F)nc4C(F)(F)F)cnc23)ccc1C(=O)NC(C)CNC(=O)[C@@H]1C[C@@H](O)CN1. The molecule has 1 aliphatic rings. The minimum Gasteiger partial charge on any atom is -0.392 e. The van der Waals surface area contributed by atoms with Gasteiger partial charge in [-0.15, -0.1) is 0 Å². The van der Waals surface area contributed by atoms with E-state index in [1.165, 1.54) is 23.0 Å². The predicted molar refractivity (Wildman–Crippen MR) is 157 cm³/mol. The largest absolute Gasteiger partial charge is 0.435 e. The van der Waals surface area contributed by atoms with Crippen LogP contribution < -0.4 is 21.3 Å². The number of carbonyl (C=O) groups excluding carboxylic acids is 2. The minimum absolute atomic E-state index is 0.0167. The molecule has 1 aromatic carbocycles. The smallest absolute Gasteiger partial charge is 0.392 e. The topological polar surface area (TPSA) is 150 Å². The van der Waals surface area contributed by atoms with Crippen molar-refractivity contribution in [2.75, 3.05) is 18.4 Å². The highest BCUT2D eigenvalue weighted by Crippen LogP contribution is 2.37. The Bertz CT molecular complexity index is 1720. The zero-order valence-electron chi connectivity index (χ0n) is 24.8. The first-order valence-electron chi connectivity index (χ1n) is 14.5. The maximum Gasteiger partial charge on any atom is 0.435 e. The number of aromatic nitrogens is 5. The maximum atomic E-state index is 13.8. The fourth-order valence-electron chi connectivity index (χ4n) is 5.23. The van der Waals surface area contributed by atoms with Gasteiger partial charge >= 0.3 is 6.18 Å². The van der Waals surface area contributed by atoms with Crippen LogP contribution in [0.5, 0.6) is 0 Å². The van der Waals surface area contributed by atoms with Crippen LogP contribution in [0.2, 0.25) is 0 Å². The molecule has 0 radical (unpaired) electrons. The summed E-state index contributed by atoms with van der Waals surface area (Å²) < 4.78 is 69.0. The molecule has 1 fully saturated rings. The van der Waals surface area contributed by atoms with Gasteiger partial charge in [-0.2, -0.15) is 18.3 Å². The normalized spacial score (nSPS) is 17.4. The molecule has 3 aromatic heterocycles. The van der Waals surface area contributed by atoms with Crippen LogP contribution in [0, 0.1) is 0 Å². The summed E-state index contributed by atoms with van der Waals surface area (Å²) in [4.78, 5) is 33.9. The van der Waals surface area contributed by atoms with Gasteiger partial charge in [-0.3, -0.25) is 18.7 Å². The third-order valence-corrected chi connectivity index (χ3v) is 7.44. The fourth-order valence-corrected chi connectivity index (χ4v) is 5.23. The number of β-amino-alcohol motifs (C(OH)–C–C–N with tert-alkyl or cyclic N) is 1. The molecule has 17 heteroatoms. The fraction of sp³-hybridized carbons (Fsp3) is 0.414. The average Bonchev–Trinajstić information content (AvgIpc) is 3.74. The molecule has 4 heterocycles. The first kappa shape index (κ1) is 32.7. The van der Waals surface area contributed by atoms with Crippen LogP contribution >= 0.6 is 0 Å². The Balaban J connectivity index is 1.31. The number of aliphatic hydroxyl groups excluding tert-OH is 1. The number of nitrogens with one attached hydrogen (secondary N) is 4. The Hall–Kier alpha value is -4.64. The number of alkyl halides is 5. The lowest BCUT2D eigenvalue weighted by Crippen LogP contribution is -2.46. The van der Waals surface area contributed by atoms with Crippen molar-refractivity contribution in [1.29, 1.82) is 0 Å². The second-order valence-corrected chi connectivity index (χ2v) is 10.9. The molecular formula is C29H32F5N9O3. The number of rotatable bonds is 11. The highest BCUT2D eigenvalue weighted by Gasteiger charge is 2.38. The lowest BCUT2D eigenvalue weighted by molar-refractivity contribution is -0.141. The van der Waals surface area contributed by atoms with Crippen molar-refractivity contribution in [3.63, 3.8) is 0 Å². The van der Waals surface area contributed by atoms with Crippen molar-refractivity contribution in [2.24, 2.45) is 0 Å². The van der Waals surface area contributed by atoms with Crippen molar-refractivity contribution in [1.82, 2.24) is 40.1 Å². The summed E-state index contributed by atoms with van der Waals surface area (Å²) in [6.45, 7) is 3.17. The molecule has 4 aromatic rings. The number of nitrogens with zero attached hydrogens (tertiary/aromatic N) is 5. The number of anilines is 2. The van der Waals surface area contributed by atoms with Crippen LogP contribution in [0.25, 0.3) is 16.9 Å². The number of amides is 2. The summed E-state index contributed by atoms with van der Waals surface area (Å²) >= 11 is 0. The van der Waals surface area contributed by atoms with Crippen molar-refractivity contribution < 1.29 is 36.6 Å². The highest BCUT2D eigenvalue weighted by atomic mass is 19.4. The van der Waals surface area contributed by atoms with Gasteiger partial charge in [0.05, 0.1) is 29.6 Å². The third kappa shape index (κ3) is 7.25. The molecule has 5 rings (SSSR count). The molecular weight excluding hydrogens is 617 g/mol. The Morgan fingerprint density at radius 1 is 1.22 bits per heavy atom. The summed E-state index contributed by atoms with van der Waals surface area (Å²) in [7, 11) is 0. The van der Waals surface area contributed by atoms with Crippen molar-refractivity contribution in [2.45, 2.75) is 64.0 Å². The molecule has 1 unspecified atom stereocenters. The minimum atomic E-state index is -4.89. The van der Waals surface area contributed by atoms with E-state index >= 15 is 0 Å². The Morgan fingerprint density at radius 3 is 2.67 bits per heavy atom. The van der Waals surface area contributed by atoms with Crippen LogP contribution in [0.15, 0.2) is 43.0 Å². The van der Waals surface area contributed by atoms with Crippen molar-refractivity contribution in [3.8, 4) is 11.3 Å². The highest BCUT2D eigenvalue weighted by molar-refractivity contribution is 5.96. The molecule has 0 saturated carbocycles. The lowest BCUT2D eigenvalue weighted by Gasteiger charge is -2.18. The Morgan fingerprint density at radius 2 is 2.00 bits per heavy atom. The monoisotopic (exact) mass is 649 g/mol. The summed E-state index contributed by atoms with van der Waals surface area (Å²) in [5, 5.41) is 24.6. The number of benzene rings is 1. The number of fused-ring (bicyclic) bond motifs is 1. The number of aliphatic hydroxyl groups is 1. The van der Waals surface area contributed by atoms with Crippen LogP contribution in [-0.4, -0.2) is 78.8 Å². The van der Waals surface area contributed by atoms with E-state index in [-0.39, 0.29) is 41.6 Å². The number of halogens is 5. The van der Waals surface area contributed by atoms with E-state index in [4.69, 9.17) is 0 Å². The van der Waals surface area contributed by atoms with E-state index in [1.54, 1.807) is 25.1 Å². The first-order valence-corrected chi connectivity index (χ1v) is 14.5. The van der Waals surface area contributed by atoms with Crippen LogP contribution in [0.4, 0.5) is 33.5 Å². The van der Waals surface area contributed by atoms with Gasteiger partial charge in [0.25, 0.3) is 12.3 Å². The van der Waals surface area contributed by atoms with Crippen LogP contribution in [0.1, 0.15) is 41.9 Å². The first-order chi connectivity index (χ1) is 21.8. The molecule has 0 spiro atoms. The second-order valence-electron chi connectivity index (χ2n) is 10.9. The van der Waals surface area contributed by atoms with Gasteiger partial charge < -0.3 is 26.4 Å². The van der Waals surface area contributed by atoms with Gasteiger partial charge in [-0.25, -0.2) is 18.7 Å². The third-order valence-electron chi connectivity index (χ3n) is 7.44. The molecule has 1 aliphatic heterocycles. The molecule has 246 valence electrons. The number of carbonyl (C=O) groups is 2. The average molecular weight is 650 g/mol. The van der Waals surface area contributed by atoms with Crippen LogP contribution in [-0.2, 0) is 23.9 Å². The number of hydrogen-bond donors (Lipinski definition) is 5. The standard InChI is InChI=1S/C29H32F5N9O3/c1-3-16-8-17(4-5-19(16)27(45)39-15(2)10-38-28(46)21-9-18(44)11-36-21)40-25-26-37-12-22(43(26)7-6-35-25)20-13-42(14-23(30)31)41-24(20)29(32,33)34/h4-8,12-13,15,18,21,23,36,44H,3,9-11,14H2,1-2H3,(H,35,40)(H,38,46)(H,39,45)/t15?,18-,21+/m1/s1. The molecule has 12 nitrogen and oxygen atoms in total. The molecule has 0 bridgehead atoms. The predicted octanol–water partition coefficient (Wildman–Crippen LogP) is 3.14. The quantitative estimate of drug-likeness (QED) is 0.156. The zero-order valence-corrected chi connectivity index (χ0v) is 24.8. The van der Waals surface area contributed by atoms with E-state index in [9.17, 15) is 36.6 Å². The van der Waals surface area contributed by atoms with Gasteiger partial charge in [-0.1, -0.05) is 6.92 Å². The van der Waals surface area contributed by atoms with Gasteiger partial charge in [0, 0.05) is 49.0 Å². The van der Waals surface area contributed by atoms with E-state index in [1.807, 2.05) is 6.92 Å². The Kier molecular flexibility index (Phi) is 9.52. The van der Waals surface area contributed by atoms with E-state index < -0.39 is 42.5 Å². The number of aryl methyl sites for hydroxylation is 1. The molecule has 0 aliphatic carbocycles. The van der Waals surface area contributed by atoms with Crippen molar-refractivity contribution >= 4 is 29.0 Å². The lowest BCUT2D eigenvalue weighted by atomic mass is 10.0. The van der Waals surface area contributed by atoms with Crippen molar-refractivity contribution in [3.05, 3.63) is 59.8 Å². The zero-order chi connectivity index (χ0) is 33.2. The summed E-state index contributed by atoms with van der Waals surface area (Å²) in [6.07, 6.45) is -2.69. The molecule has 3 atom stereocenters. The number of imidazole rings is 1.